The van der Waals surface area contributed by atoms with Crippen molar-refractivity contribution >= 4 is 5.97 Å². The molecule has 1 aromatic rings. The second-order valence-electron chi connectivity index (χ2n) is 6.00. The summed E-state index contributed by atoms with van der Waals surface area (Å²) in [7, 11) is 0. The van der Waals surface area contributed by atoms with Gasteiger partial charge in [-0.25, -0.2) is 17.6 Å². The maximum atomic E-state index is 13.5. The Labute approximate surface area is 131 Å². The zero-order valence-electron chi connectivity index (χ0n) is 12.7. The first-order chi connectivity index (χ1) is 10.7. The number of hydrogen-bond acceptors (Lipinski definition) is 2. The summed E-state index contributed by atoms with van der Waals surface area (Å²) in [6.45, 7) is 6.36. The van der Waals surface area contributed by atoms with Crippen LogP contribution < -0.4 is 0 Å². The predicted molar refractivity (Wildman–Crippen MR) is 76.2 cm³/mol. The molecule has 1 saturated carbocycles. The SMILES string of the molecule is C=C/C=C/C1C(C(=O)OCc2c(F)c(F)cc(F)c2F)C1(C)C. The Bertz CT molecular complexity index is 653. The molecule has 0 amide bonds. The lowest BCUT2D eigenvalue weighted by atomic mass is 10.1. The number of hydrogen-bond donors (Lipinski definition) is 0. The second-order valence-corrected chi connectivity index (χ2v) is 6.00. The first-order valence-corrected chi connectivity index (χ1v) is 6.99. The van der Waals surface area contributed by atoms with Gasteiger partial charge in [0, 0.05) is 6.07 Å². The van der Waals surface area contributed by atoms with E-state index in [0.29, 0.717) is 0 Å². The molecule has 2 nitrogen and oxygen atoms in total. The molecule has 0 aromatic heterocycles. The Kier molecular flexibility index (Phi) is 4.63. The molecule has 0 N–H and O–H groups in total. The van der Waals surface area contributed by atoms with Crippen molar-refractivity contribution in [2.75, 3.05) is 0 Å². The molecular weight excluding hydrogens is 312 g/mol. The second kappa shape index (κ2) is 6.18. The zero-order chi connectivity index (χ0) is 17.4. The Hall–Kier alpha value is -2.11. The van der Waals surface area contributed by atoms with Gasteiger partial charge in [-0.3, -0.25) is 4.79 Å². The molecular formula is C17H16F4O2. The van der Waals surface area contributed by atoms with Crippen molar-refractivity contribution in [1.82, 2.24) is 0 Å². The normalized spacial score (nSPS) is 22.2. The van der Waals surface area contributed by atoms with E-state index in [1.807, 2.05) is 13.8 Å². The first kappa shape index (κ1) is 17.2. The molecule has 0 radical (unpaired) electrons. The van der Waals surface area contributed by atoms with Gasteiger partial charge in [0.2, 0.25) is 0 Å². The summed E-state index contributed by atoms with van der Waals surface area (Å²) in [5.41, 5.74) is -1.30. The Morgan fingerprint density at radius 3 is 2.35 bits per heavy atom. The molecule has 0 aliphatic heterocycles. The van der Waals surface area contributed by atoms with Crippen LogP contribution in [0.25, 0.3) is 0 Å². The molecule has 124 valence electrons. The fraction of sp³-hybridized carbons (Fsp3) is 0.353. The smallest absolute Gasteiger partial charge is 0.310 e. The largest absolute Gasteiger partial charge is 0.460 e. The lowest BCUT2D eigenvalue weighted by Crippen LogP contribution is -2.13. The Morgan fingerprint density at radius 2 is 1.83 bits per heavy atom. The molecule has 2 unspecified atom stereocenters. The molecule has 1 aromatic carbocycles. The topological polar surface area (TPSA) is 26.3 Å². The van der Waals surface area contributed by atoms with Crippen LogP contribution in [0, 0.1) is 40.5 Å². The van der Waals surface area contributed by atoms with Crippen molar-refractivity contribution in [1.29, 1.82) is 0 Å². The van der Waals surface area contributed by atoms with Gasteiger partial charge in [-0.15, -0.1) is 0 Å². The summed E-state index contributed by atoms with van der Waals surface area (Å²) in [4.78, 5) is 12.0. The van der Waals surface area contributed by atoms with E-state index in [1.165, 1.54) is 0 Å². The summed E-state index contributed by atoms with van der Waals surface area (Å²) in [6, 6.07) is 0.107. The van der Waals surface area contributed by atoms with Gasteiger partial charge in [0.15, 0.2) is 23.3 Å². The van der Waals surface area contributed by atoms with Gasteiger partial charge in [-0.2, -0.15) is 0 Å². The highest BCUT2D eigenvalue weighted by molar-refractivity contribution is 5.78. The molecule has 0 bridgehead atoms. The summed E-state index contributed by atoms with van der Waals surface area (Å²) < 4.78 is 58.1. The summed E-state index contributed by atoms with van der Waals surface area (Å²) in [6.07, 6.45) is 5.06. The molecule has 0 saturated heterocycles. The molecule has 23 heavy (non-hydrogen) atoms. The van der Waals surface area contributed by atoms with E-state index in [9.17, 15) is 22.4 Å². The van der Waals surface area contributed by atoms with Gasteiger partial charge in [-0.1, -0.05) is 38.7 Å². The van der Waals surface area contributed by atoms with Gasteiger partial charge in [0.1, 0.15) is 6.61 Å². The van der Waals surface area contributed by atoms with Crippen LogP contribution in [0.1, 0.15) is 19.4 Å². The molecule has 0 heterocycles. The molecule has 1 aliphatic rings. The summed E-state index contributed by atoms with van der Waals surface area (Å²) in [5.74, 6) is -7.43. The van der Waals surface area contributed by atoms with E-state index in [2.05, 4.69) is 6.58 Å². The van der Waals surface area contributed by atoms with E-state index < -0.39 is 47.3 Å². The van der Waals surface area contributed by atoms with Crippen LogP contribution in [-0.2, 0) is 16.1 Å². The minimum absolute atomic E-state index is 0.0908. The van der Waals surface area contributed by atoms with Gasteiger partial charge >= 0.3 is 5.97 Å². The highest BCUT2D eigenvalue weighted by atomic mass is 19.2. The summed E-state index contributed by atoms with van der Waals surface area (Å²) >= 11 is 0. The maximum absolute atomic E-state index is 13.5. The third-order valence-corrected chi connectivity index (χ3v) is 4.18. The number of carbonyl (C=O) groups is 1. The average Bonchev–Trinajstić information content (AvgIpc) is 3.04. The highest BCUT2D eigenvalue weighted by Gasteiger charge is 2.61. The average molecular weight is 328 g/mol. The van der Waals surface area contributed by atoms with Gasteiger partial charge in [0.05, 0.1) is 11.5 Å². The van der Waals surface area contributed by atoms with E-state index in [1.54, 1.807) is 18.2 Å². The van der Waals surface area contributed by atoms with Crippen LogP contribution in [-0.4, -0.2) is 5.97 Å². The van der Waals surface area contributed by atoms with Crippen molar-refractivity contribution in [3.8, 4) is 0 Å². The number of allylic oxidation sites excluding steroid dienone is 3. The highest BCUT2D eigenvalue weighted by Crippen LogP contribution is 2.59. The third kappa shape index (κ3) is 3.16. The number of rotatable bonds is 5. The molecule has 2 atom stereocenters. The standard InChI is InChI=1S/C17H16F4O2/c1-4-5-6-10-13(17(10,2)3)16(22)23-8-9-14(20)11(18)7-12(19)15(9)21/h4-7,10,13H,1,8H2,2-3H3/b6-5+. The minimum Gasteiger partial charge on any atom is -0.460 e. The van der Waals surface area contributed by atoms with E-state index in [4.69, 9.17) is 4.74 Å². The van der Waals surface area contributed by atoms with E-state index in [0.717, 1.165) is 0 Å². The lowest BCUT2D eigenvalue weighted by molar-refractivity contribution is -0.147. The predicted octanol–water partition coefficient (Wildman–Crippen LogP) is 4.30. The summed E-state index contributed by atoms with van der Waals surface area (Å²) in [5, 5.41) is 0. The first-order valence-electron chi connectivity index (χ1n) is 6.99. The van der Waals surface area contributed by atoms with E-state index in [-0.39, 0.29) is 17.4 Å². The fourth-order valence-corrected chi connectivity index (χ4v) is 2.67. The number of benzene rings is 1. The van der Waals surface area contributed by atoms with Crippen LogP contribution in [0.4, 0.5) is 17.6 Å². The van der Waals surface area contributed by atoms with Crippen LogP contribution in [0.15, 0.2) is 30.9 Å². The molecule has 1 fully saturated rings. The Morgan fingerprint density at radius 1 is 1.26 bits per heavy atom. The van der Waals surface area contributed by atoms with E-state index >= 15 is 0 Å². The quantitative estimate of drug-likeness (QED) is 0.349. The molecule has 0 spiro atoms. The molecule has 6 heteroatoms. The number of ether oxygens (including phenoxy) is 1. The van der Waals surface area contributed by atoms with Gasteiger partial charge < -0.3 is 4.74 Å². The lowest BCUT2D eigenvalue weighted by Gasteiger charge is -2.09. The zero-order valence-corrected chi connectivity index (χ0v) is 12.7. The van der Waals surface area contributed by atoms with Crippen molar-refractivity contribution in [3.63, 3.8) is 0 Å². The van der Waals surface area contributed by atoms with Gasteiger partial charge in [0.25, 0.3) is 0 Å². The van der Waals surface area contributed by atoms with Crippen LogP contribution >= 0.6 is 0 Å². The Balaban J connectivity index is 2.09. The number of carbonyl (C=O) groups excluding carboxylic acids is 1. The van der Waals surface area contributed by atoms with Crippen molar-refractivity contribution in [3.05, 3.63) is 59.7 Å². The van der Waals surface area contributed by atoms with Gasteiger partial charge in [-0.05, 0) is 11.3 Å². The fourth-order valence-electron chi connectivity index (χ4n) is 2.67. The van der Waals surface area contributed by atoms with Crippen molar-refractivity contribution < 1.29 is 27.1 Å². The van der Waals surface area contributed by atoms with Crippen molar-refractivity contribution in [2.45, 2.75) is 20.5 Å². The monoisotopic (exact) mass is 328 g/mol. The minimum atomic E-state index is -1.56. The molecule has 2 rings (SSSR count). The third-order valence-electron chi connectivity index (χ3n) is 4.18. The van der Waals surface area contributed by atoms with Crippen LogP contribution in [0.2, 0.25) is 0 Å². The van der Waals surface area contributed by atoms with Crippen LogP contribution in [0.3, 0.4) is 0 Å². The maximum Gasteiger partial charge on any atom is 0.310 e. The number of halogens is 4. The van der Waals surface area contributed by atoms with Crippen molar-refractivity contribution in [2.24, 2.45) is 17.3 Å². The molecule has 1 aliphatic carbocycles. The number of esters is 1. The van der Waals surface area contributed by atoms with Crippen LogP contribution in [0.5, 0.6) is 0 Å².